The summed E-state index contributed by atoms with van der Waals surface area (Å²) in [6.07, 6.45) is -1.40. The van der Waals surface area contributed by atoms with E-state index in [9.17, 15) is 18.3 Å². The van der Waals surface area contributed by atoms with E-state index in [-0.39, 0.29) is 17.8 Å². The van der Waals surface area contributed by atoms with E-state index in [1.54, 1.807) is 0 Å². The Kier molecular flexibility index (Phi) is 3.41. The fraction of sp³-hybridized carbons (Fsp3) is 0.600. The number of benzene rings is 1. The standard InChI is InChI=1S/C15H18F3NO2/c1-21-13-6-9(2-5-12(13)15(16,17)18)14(20)7-10-3-4-11(8-14)19-10/h2,5-6,10-11,19-20H,3-4,7-8H2,1H3. The number of hydrogen-bond acceptors (Lipinski definition) is 3. The number of ether oxygens (including phenoxy) is 1. The van der Waals surface area contributed by atoms with E-state index < -0.39 is 17.3 Å². The highest BCUT2D eigenvalue weighted by atomic mass is 19.4. The Labute approximate surface area is 121 Å². The smallest absolute Gasteiger partial charge is 0.419 e. The van der Waals surface area contributed by atoms with Crippen LogP contribution in [-0.2, 0) is 11.8 Å². The average Bonchev–Trinajstić information content (AvgIpc) is 2.76. The molecule has 0 radical (unpaired) electrons. The number of hydrogen-bond donors (Lipinski definition) is 2. The highest BCUT2D eigenvalue weighted by molar-refractivity contribution is 5.42. The number of aliphatic hydroxyl groups is 1. The van der Waals surface area contributed by atoms with E-state index in [1.165, 1.54) is 19.2 Å². The molecule has 21 heavy (non-hydrogen) atoms. The van der Waals surface area contributed by atoms with Crippen molar-refractivity contribution in [3.05, 3.63) is 29.3 Å². The quantitative estimate of drug-likeness (QED) is 0.882. The van der Waals surface area contributed by atoms with Gasteiger partial charge in [-0.05, 0) is 43.4 Å². The SMILES string of the molecule is COc1cc(C2(O)CC3CCC(C2)N3)ccc1C(F)(F)F. The van der Waals surface area contributed by atoms with Crippen molar-refractivity contribution < 1.29 is 23.0 Å². The predicted molar refractivity (Wildman–Crippen MR) is 71.1 cm³/mol. The molecular formula is C15H18F3NO2. The van der Waals surface area contributed by atoms with Crippen LogP contribution < -0.4 is 10.1 Å². The summed E-state index contributed by atoms with van der Waals surface area (Å²) in [5.74, 6) is -0.237. The molecule has 2 aliphatic rings. The van der Waals surface area contributed by atoms with Crippen molar-refractivity contribution in [1.82, 2.24) is 5.32 Å². The molecule has 2 fully saturated rings. The van der Waals surface area contributed by atoms with Crippen LogP contribution in [0.1, 0.15) is 36.8 Å². The van der Waals surface area contributed by atoms with Gasteiger partial charge in [-0.1, -0.05) is 6.07 Å². The molecule has 0 spiro atoms. The van der Waals surface area contributed by atoms with Crippen molar-refractivity contribution >= 4 is 0 Å². The van der Waals surface area contributed by atoms with Gasteiger partial charge in [-0.3, -0.25) is 0 Å². The number of halogens is 3. The van der Waals surface area contributed by atoms with Crippen molar-refractivity contribution in [3.63, 3.8) is 0 Å². The Hall–Kier alpha value is -1.27. The lowest BCUT2D eigenvalue weighted by Crippen LogP contribution is -2.46. The van der Waals surface area contributed by atoms with Gasteiger partial charge in [0.05, 0.1) is 18.3 Å². The number of methoxy groups -OCH3 is 1. The van der Waals surface area contributed by atoms with Crippen LogP contribution in [0.15, 0.2) is 18.2 Å². The van der Waals surface area contributed by atoms with Crippen molar-refractivity contribution in [2.24, 2.45) is 0 Å². The summed E-state index contributed by atoms with van der Waals surface area (Å²) in [7, 11) is 1.21. The molecule has 2 bridgehead atoms. The normalized spacial score (nSPS) is 32.2. The Balaban J connectivity index is 1.96. The van der Waals surface area contributed by atoms with Crippen molar-refractivity contribution in [1.29, 1.82) is 0 Å². The molecule has 1 aromatic rings. The second-order valence-corrected chi connectivity index (χ2v) is 5.99. The van der Waals surface area contributed by atoms with E-state index >= 15 is 0 Å². The average molecular weight is 301 g/mol. The molecule has 2 aliphatic heterocycles. The first-order chi connectivity index (χ1) is 9.82. The Morgan fingerprint density at radius 3 is 2.38 bits per heavy atom. The third-order valence-corrected chi connectivity index (χ3v) is 4.55. The third kappa shape index (κ3) is 2.62. The number of rotatable bonds is 2. The van der Waals surface area contributed by atoms with Gasteiger partial charge in [-0.25, -0.2) is 0 Å². The van der Waals surface area contributed by atoms with Gasteiger partial charge in [0, 0.05) is 12.1 Å². The second-order valence-electron chi connectivity index (χ2n) is 5.99. The zero-order valence-electron chi connectivity index (χ0n) is 11.7. The molecule has 0 aliphatic carbocycles. The lowest BCUT2D eigenvalue weighted by Gasteiger charge is -2.37. The maximum Gasteiger partial charge on any atom is 0.419 e. The summed E-state index contributed by atoms with van der Waals surface area (Å²) in [6.45, 7) is 0. The summed E-state index contributed by atoms with van der Waals surface area (Å²) in [5.41, 5.74) is -1.38. The van der Waals surface area contributed by atoms with Crippen molar-refractivity contribution in [2.45, 2.75) is 49.5 Å². The molecule has 3 nitrogen and oxygen atoms in total. The summed E-state index contributed by atoms with van der Waals surface area (Å²) in [6, 6.07) is 4.17. The number of nitrogens with one attached hydrogen (secondary N) is 1. The molecule has 116 valence electrons. The minimum absolute atomic E-state index is 0.237. The highest BCUT2D eigenvalue weighted by Crippen LogP contribution is 2.44. The van der Waals surface area contributed by atoms with Crippen LogP contribution >= 0.6 is 0 Å². The summed E-state index contributed by atoms with van der Waals surface area (Å²) in [5, 5.41) is 14.3. The Morgan fingerprint density at radius 1 is 1.24 bits per heavy atom. The minimum Gasteiger partial charge on any atom is -0.496 e. The van der Waals surface area contributed by atoms with Gasteiger partial charge >= 0.3 is 6.18 Å². The molecule has 2 heterocycles. The van der Waals surface area contributed by atoms with Gasteiger partial charge in [0.2, 0.25) is 0 Å². The molecule has 2 N–H and O–H groups in total. The fourth-order valence-electron chi connectivity index (χ4n) is 3.57. The summed E-state index contributed by atoms with van der Waals surface area (Å²) >= 11 is 0. The van der Waals surface area contributed by atoms with Crippen LogP contribution in [0.2, 0.25) is 0 Å². The lowest BCUT2D eigenvalue weighted by molar-refractivity contribution is -0.138. The maximum absolute atomic E-state index is 12.9. The van der Waals surface area contributed by atoms with Gasteiger partial charge in [0.25, 0.3) is 0 Å². The molecular weight excluding hydrogens is 283 g/mol. The van der Waals surface area contributed by atoms with Crippen LogP contribution in [-0.4, -0.2) is 24.3 Å². The van der Waals surface area contributed by atoms with Crippen LogP contribution in [0, 0.1) is 0 Å². The molecule has 2 saturated heterocycles. The predicted octanol–water partition coefficient (Wildman–Crippen LogP) is 2.82. The van der Waals surface area contributed by atoms with Gasteiger partial charge in [0.1, 0.15) is 5.75 Å². The molecule has 6 heteroatoms. The van der Waals surface area contributed by atoms with Crippen LogP contribution in [0.5, 0.6) is 5.75 Å². The minimum atomic E-state index is -4.46. The van der Waals surface area contributed by atoms with E-state index in [0.717, 1.165) is 18.9 Å². The van der Waals surface area contributed by atoms with Gasteiger partial charge < -0.3 is 15.2 Å². The Morgan fingerprint density at radius 2 is 1.86 bits per heavy atom. The third-order valence-electron chi connectivity index (χ3n) is 4.55. The molecule has 2 unspecified atom stereocenters. The Bertz CT molecular complexity index is 532. The first kappa shape index (κ1) is 14.7. The van der Waals surface area contributed by atoms with Gasteiger partial charge in [0.15, 0.2) is 0 Å². The molecule has 0 aromatic heterocycles. The van der Waals surface area contributed by atoms with Crippen LogP contribution in [0.3, 0.4) is 0 Å². The maximum atomic E-state index is 12.9. The number of fused-ring (bicyclic) bond motifs is 2. The summed E-state index contributed by atoms with van der Waals surface area (Å²) < 4.78 is 43.5. The van der Waals surface area contributed by atoms with Crippen molar-refractivity contribution in [3.8, 4) is 5.75 Å². The van der Waals surface area contributed by atoms with Crippen LogP contribution in [0.25, 0.3) is 0 Å². The van der Waals surface area contributed by atoms with Gasteiger partial charge in [-0.15, -0.1) is 0 Å². The molecule has 3 rings (SSSR count). The number of alkyl halides is 3. The molecule has 2 atom stereocenters. The van der Waals surface area contributed by atoms with E-state index in [2.05, 4.69) is 5.32 Å². The fourth-order valence-corrected chi connectivity index (χ4v) is 3.57. The molecule has 1 aromatic carbocycles. The van der Waals surface area contributed by atoms with Gasteiger partial charge in [-0.2, -0.15) is 13.2 Å². The van der Waals surface area contributed by atoms with E-state index in [0.29, 0.717) is 18.4 Å². The zero-order valence-corrected chi connectivity index (χ0v) is 11.7. The lowest BCUT2D eigenvalue weighted by atomic mass is 9.81. The van der Waals surface area contributed by atoms with E-state index in [1.807, 2.05) is 0 Å². The van der Waals surface area contributed by atoms with Crippen LogP contribution in [0.4, 0.5) is 13.2 Å². The first-order valence-electron chi connectivity index (χ1n) is 7.06. The first-order valence-corrected chi connectivity index (χ1v) is 7.06. The monoisotopic (exact) mass is 301 g/mol. The zero-order chi connectivity index (χ0) is 15.3. The molecule has 0 amide bonds. The second kappa shape index (κ2) is 4.88. The van der Waals surface area contributed by atoms with Crippen molar-refractivity contribution in [2.75, 3.05) is 7.11 Å². The molecule has 0 saturated carbocycles. The topological polar surface area (TPSA) is 41.5 Å². The van der Waals surface area contributed by atoms with E-state index in [4.69, 9.17) is 4.74 Å². The largest absolute Gasteiger partial charge is 0.496 e. The summed E-state index contributed by atoms with van der Waals surface area (Å²) in [4.78, 5) is 0. The number of piperidine rings is 1. The highest BCUT2D eigenvalue weighted by Gasteiger charge is 2.44.